The Labute approximate surface area is 139 Å². The maximum Gasteiger partial charge on any atom is 0.256 e. The molecule has 4 nitrogen and oxygen atoms in total. The molecule has 0 saturated heterocycles. The highest BCUT2D eigenvalue weighted by Crippen LogP contribution is 2.18. The average molecular weight is 363 g/mol. The van der Waals surface area contributed by atoms with Crippen LogP contribution < -0.4 is 10.1 Å². The Morgan fingerprint density at radius 1 is 1.32 bits per heavy atom. The lowest BCUT2D eigenvalue weighted by molar-refractivity contribution is 0.102. The fourth-order valence-electron chi connectivity index (χ4n) is 1.86. The van der Waals surface area contributed by atoms with Gasteiger partial charge < -0.3 is 10.1 Å². The molecule has 0 fully saturated rings. The molecule has 0 aliphatic heterocycles. The standard InChI is InChI=1S/C17H19BrN2O2/c1-3-4-10-22-14-7-5-6-13(11-14)17(21)20-16-9-8-15(18)12(2)19-16/h5-9,11H,3-4,10H2,1-2H3,(H,19,20,21). The molecular formula is C17H19BrN2O2. The lowest BCUT2D eigenvalue weighted by atomic mass is 10.2. The number of aromatic nitrogens is 1. The van der Waals surface area contributed by atoms with Gasteiger partial charge >= 0.3 is 0 Å². The van der Waals surface area contributed by atoms with Gasteiger partial charge in [-0.3, -0.25) is 4.79 Å². The first kappa shape index (κ1) is 16.5. The van der Waals surface area contributed by atoms with E-state index in [4.69, 9.17) is 4.74 Å². The van der Waals surface area contributed by atoms with E-state index in [1.807, 2.05) is 25.1 Å². The van der Waals surface area contributed by atoms with Gasteiger partial charge in [-0.2, -0.15) is 0 Å². The molecule has 2 rings (SSSR count). The average Bonchev–Trinajstić information content (AvgIpc) is 2.51. The largest absolute Gasteiger partial charge is 0.494 e. The van der Waals surface area contributed by atoms with Gasteiger partial charge in [0.1, 0.15) is 11.6 Å². The zero-order valence-corrected chi connectivity index (χ0v) is 14.3. The Morgan fingerprint density at radius 2 is 2.14 bits per heavy atom. The molecule has 1 N–H and O–H groups in total. The minimum Gasteiger partial charge on any atom is -0.494 e. The molecule has 0 aliphatic rings. The number of nitrogens with zero attached hydrogens (tertiary/aromatic N) is 1. The molecule has 1 amide bonds. The molecule has 1 heterocycles. The number of hydrogen-bond acceptors (Lipinski definition) is 3. The zero-order valence-electron chi connectivity index (χ0n) is 12.7. The van der Waals surface area contributed by atoms with E-state index in [-0.39, 0.29) is 5.91 Å². The molecule has 0 unspecified atom stereocenters. The third-order valence-electron chi connectivity index (χ3n) is 3.13. The maximum atomic E-state index is 12.3. The third kappa shape index (κ3) is 4.56. The van der Waals surface area contributed by atoms with Crippen LogP contribution in [-0.4, -0.2) is 17.5 Å². The van der Waals surface area contributed by atoms with Crippen LogP contribution in [0.15, 0.2) is 40.9 Å². The van der Waals surface area contributed by atoms with Crippen LogP contribution in [0.4, 0.5) is 5.82 Å². The Bertz CT molecular complexity index is 659. The minimum atomic E-state index is -0.199. The number of anilines is 1. The second-order valence-corrected chi connectivity index (χ2v) is 5.80. The summed E-state index contributed by atoms with van der Waals surface area (Å²) in [6.45, 7) is 4.65. The predicted molar refractivity (Wildman–Crippen MR) is 91.5 cm³/mol. The van der Waals surface area contributed by atoms with Crippen molar-refractivity contribution >= 4 is 27.7 Å². The number of aryl methyl sites for hydroxylation is 1. The second kappa shape index (κ2) is 7.94. The quantitative estimate of drug-likeness (QED) is 0.764. The highest BCUT2D eigenvalue weighted by atomic mass is 79.9. The number of amides is 1. The highest BCUT2D eigenvalue weighted by molar-refractivity contribution is 9.10. The van der Waals surface area contributed by atoms with Crippen molar-refractivity contribution in [3.8, 4) is 5.75 Å². The van der Waals surface area contributed by atoms with Crippen LogP contribution in [0.1, 0.15) is 35.8 Å². The van der Waals surface area contributed by atoms with Crippen LogP contribution in [0.2, 0.25) is 0 Å². The number of nitrogens with one attached hydrogen (secondary N) is 1. The third-order valence-corrected chi connectivity index (χ3v) is 3.96. The number of benzene rings is 1. The number of carbonyl (C=O) groups is 1. The summed E-state index contributed by atoms with van der Waals surface area (Å²) < 4.78 is 6.53. The molecule has 2 aromatic rings. The SMILES string of the molecule is CCCCOc1cccc(C(=O)Nc2ccc(Br)c(C)n2)c1. The van der Waals surface area contributed by atoms with Gasteiger partial charge in [0.25, 0.3) is 5.91 Å². The first-order chi connectivity index (χ1) is 10.6. The van der Waals surface area contributed by atoms with Crippen molar-refractivity contribution < 1.29 is 9.53 Å². The lowest BCUT2D eigenvalue weighted by Gasteiger charge is -2.09. The first-order valence-corrected chi connectivity index (χ1v) is 8.07. The molecule has 0 radical (unpaired) electrons. The summed E-state index contributed by atoms with van der Waals surface area (Å²) >= 11 is 3.39. The smallest absolute Gasteiger partial charge is 0.256 e. The van der Waals surface area contributed by atoms with Crippen molar-refractivity contribution in [3.05, 3.63) is 52.1 Å². The van der Waals surface area contributed by atoms with Crippen LogP contribution in [0.5, 0.6) is 5.75 Å². The van der Waals surface area contributed by atoms with E-state index in [1.54, 1.807) is 18.2 Å². The Hall–Kier alpha value is -1.88. The van der Waals surface area contributed by atoms with E-state index >= 15 is 0 Å². The van der Waals surface area contributed by atoms with Gasteiger partial charge in [-0.1, -0.05) is 19.4 Å². The molecule has 0 aliphatic carbocycles. The maximum absolute atomic E-state index is 12.3. The summed E-state index contributed by atoms with van der Waals surface area (Å²) in [5.41, 5.74) is 1.38. The summed E-state index contributed by atoms with van der Waals surface area (Å²) in [5.74, 6) is 1.04. The molecule has 0 atom stereocenters. The van der Waals surface area contributed by atoms with Gasteiger partial charge in [-0.25, -0.2) is 4.98 Å². The summed E-state index contributed by atoms with van der Waals surface area (Å²) in [5, 5.41) is 2.79. The molecule has 1 aromatic heterocycles. The molecule has 22 heavy (non-hydrogen) atoms. The van der Waals surface area contributed by atoms with Crippen LogP contribution in [-0.2, 0) is 0 Å². The van der Waals surface area contributed by atoms with Crippen molar-refractivity contribution in [3.63, 3.8) is 0 Å². The van der Waals surface area contributed by atoms with Gasteiger partial charge in [0.2, 0.25) is 0 Å². The molecule has 116 valence electrons. The fraction of sp³-hybridized carbons (Fsp3) is 0.294. The van der Waals surface area contributed by atoms with Crippen LogP contribution in [0.25, 0.3) is 0 Å². The van der Waals surface area contributed by atoms with Gasteiger partial charge in [0, 0.05) is 10.0 Å². The lowest BCUT2D eigenvalue weighted by Crippen LogP contribution is -2.13. The van der Waals surface area contributed by atoms with Gasteiger partial charge in [0.15, 0.2) is 0 Å². The summed E-state index contributed by atoms with van der Waals surface area (Å²) in [4.78, 5) is 16.6. The van der Waals surface area contributed by atoms with E-state index in [0.29, 0.717) is 23.7 Å². The highest BCUT2D eigenvalue weighted by Gasteiger charge is 2.09. The van der Waals surface area contributed by atoms with Gasteiger partial charge in [-0.15, -0.1) is 0 Å². The molecule has 0 saturated carbocycles. The van der Waals surface area contributed by atoms with Crippen LogP contribution >= 0.6 is 15.9 Å². The van der Waals surface area contributed by atoms with Gasteiger partial charge in [-0.05, 0) is 59.6 Å². The summed E-state index contributed by atoms with van der Waals surface area (Å²) in [6, 6.07) is 10.8. The van der Waals surface area contributed by atoms with Crippen molar-refractivity contribution in [1.29, 1.82) is 0 Å². The number of rotatable bonds is 6. The van der Waals surface area contributed by atoms with Crippen LogP contribution in [0.3, 0.4) is 0 Å². The van der Waals surface area contributed by atoms with Gasteiger partial charge in [0.05, 0.1) is 12.3 Å². The molecule has 1 aromatic carbocycles. The van der Waals surface area contributed by atoms with Crippen molar-refractivity contribution in [2.75, 3.05) is 11.9 Å². The number of halogens is 1. The van der Waals surface area contributed by atoms with E-state index in [1.165, 1.54) is 0 Å². The molecule has 0 bridgehead atoms. The van der Waals surface area contributed by atoms with E-state index in [2.05, 4.69) is 33.2 Å². The molecule has 0 spiro atoms. The fourth-order valence-corrected chi connectivity index (χ4v) is 2.08. The Morgan fingerprint density at radius 3 is 2.86 bits per heavy atom. The number of unbranched alkanes of at least 4 members (excludes halogenated alkanes) is 1. The summed E-state index contributed by atoms with van der Waals surface area (Å²) in [6.07, 6.45) is 2.08. The normalized spacial score (nSPS) is 10.3. The topological polar surface area (TPSA) is 51.2 Å². The zero-order chi connectivity index (χ0) is 15.9. The molecular weight excluding hydrogens is 344 g/mol. The van der Waals surface area contributed by atoms with E-state index in [0.717, 1.165) is 23.0 Å². The van der Waals surface area contributed by atoms with E-state index < -0.39 is 0 Å². The number of hydrogen-bond donors (Lipinski definition) is 1. The Kier molecular flexibility index (Phi) is 5.95. The Balaban J connectivity index is 2.05. The number of ether oxygens (including phenoxy) is 1. The summed E-state index contributed by atoms with van der Waals surface area (Å²) in [7, 11) is 0. The number of pyridine rings is 1. The minimum absolute atomic E-state index is 0.199. The number of carbonyl (C=O) groups excluding carboxylic acids is 1. The predicted octanol–water partition coefficient (Wildman–Crippen LogP) is 4.58. The monoisotopic (exact) mass is 362 g/mol. The van der Waals surface area contributed by atoms with Crippen molar-refractivity contribution in [1.82, 2.24) is 4.98 Å². The van der Waals surface area contributed by atoms with Crippen LogP contribution in [0, 0.1) is 6.92 Å². The first-order valence-electron chi connectivity index (χ1n) is 7.27. The van der Waals surface area contributed by atoms with E-state index in [9.17, 15) is 4.79 Å². The van der Waals surface area contributed by atoms with Crippen molar-refractivity contribution in [2.24, 2.45) is 0 Å². The molecule has 5 heteroatoms. The van der Waals surface area contributed by atoms with Crippen molar-refractivity contribution in [2.45, 2.75) is 26.7 Å². The second-order valence-electron chi connectivity index (χ2n) is 4.95.